The molecule has 1 aromatic carbocycles. The molecule has 1 aliphatic heterocycles. The molecule has 1 saturated heterocycles. The highest BCUT2D eigenvalue weighted by atomic mass is 32.1. The maximum absolute atomic E-state index is 13.0. The van der Waals surface area contributed by atoms with Crippen LogP contribution in [0.15, 0.2) is 35.1 Å². The molecular weight excluding hydrogens is 412 g/mol. The number of Topliss-reactive ketones (excluding diaryl/α,β-unsaturated/α-hetero) is 1. The van der Waals surface area contributed by atoms with E-state index in [1.807, 2.05) is 18.2 Å². The third-order valence-corrected chi connectivity index (χ3v) is 7.49. The number of fused-ring (bicyclic) bond motifs is 1. The monoisotopic (exact) mass is 438 g/mol. The lowest BCUT2D eigenvalue weighted by atomic mass is 10.0. The first kappa shape index (κ1) is 20.3. The van der Waals surface area contributed by atoms with E-state index in [0.29, 0.717) is 22.6 Å². The van der Waals surface area contributed by atoms with E-state index in [1.54, 1.807) is 18.7 Å². The number of aromatic nitrogens is 3. The van der Waals surface area contributed by atoms with Crippen LogP contribution in [0.5, 0.6) is 0 Å². The molecule has 31 heavy (non-hydrogen) atoms. The Bertz CT molecular complexity index is 1180. The van der Waals surface area contributed by atoms with Crippen LogP contribution in [0, 0.1) is 0 Å². The van der Waals surface area contributed by atoms with Crippen LogP contribution in [-0.4, -0.2) is 40.0 Å². The van der Waals surface area contributed by atoms with Gasteiger partial charge in [0.2, 0.25) is 0 Å². The molecule has 0 bridgehead atoms. The Labute approximate surface area is 184 Å². The highest BCUT2D eigenvalue weighted by molar-refractivity contribution is 7.21. The van der Waals surface area contributed by atoms with E-state index in [-0.39, 0.29) is 17.4 Å². The molecule has 0 radical (unpaired) electrons. The largest absolute Gasteiger partial charge is 0.370 e. The van der Waals surface area contributed by atoms with Gasteiger partial charge in [-0.05, 0) is 37.7 Å². The maximum Gasteiger partial charge on any atom is 0.280 e. The zero-order valence-electron chi connectivity index (χ0n) is 17.8. The van der Waals surface area contributed by atoms with Gasteiger partial charge in [-0.1, -0.05) is 41.7 Å². The molecule has 1 atom stereocenters. The molecule has 3 aromatic rings. The maximum atomic E-state index is 13.0. The van der Waals surface area contributed by atoms with E-state index < -0.39 is 5.60 Å². The molecule has 0 N–H and O–H groups in total. The van der Waals surface area contributed by atoms with Crippen LogP contribution in [0.3, 0.4) is 0 Å². The number of nitrogens with zero attached hydrogens (tertiary/aromatic N) is 4. The Balaban J connectivity index is 1.41. The van der Waals surface area contributed by atoms with Crippen molar-refractivity contribution in [2.75, 3.05) is 18.6 Å². The molecule has 0 amide bonds. The molecule has 2 fully saturated rings. The number of ether oxygens (including phenoxy) is 1. The minimum absolute atomic E-state index is 0.156. The van der Waals surface area contributed by atoms with Gasteiger partial charge in [-0.15, -0.1) is 0 Å². The lowest BCUT2D eigenvalue weighted by Crippen LogP contribution is -2.36. The number of thiazole rings is 1. The number of anilines is 1. The molecule has 7 nitrogen and oxygen atoms in total. The van der Waals surface area contributed by atoms with Crippen molar-refractivity contribution in [2.45, 2.75) is 50.2 Å². The van der Waals surface area contributed by atoms with Crippen LogP contribution in [0.2, 0.25) is 0 Å². The summed E-state index contributed by atoms with van der Waals surface area (Å²) < 4.78 is 7.21. The second-order valence-electron chi connectivity index (χ2n) is 8.45. The number of carbonyl (C=O) groups is 1. The van der Waals surface area contributed by atoms with E-state index in [1.165, 1.54) is 16.9 Å². The van der Waals surface area contributed by atoms with Crippen LogP contribution >= 0.6 is 11.3 Å². The van der Waals surface area contributed by atoms with Crippen LogP contribution < -0.4 is 10.5 Å². The predicted molar refractivity (Wildman–Crippen MR) is 121 cm³/mol. The first-order chi connectivity index (χ1) is 15.0. The topological polar surface area (TPSA) is 77.3 Å². The molecule has 1 aliphatic carbocycles. The first-order valence-electron chi connectivity index (χ1n) is 10.8. The number of ketones is 1. The van der Waals surface area contributed by atoms with E-state index in [9.17, 15) is 9.59 Å². The Morgan fingerprint density at radius 3 is 2.74 bits per heavy atom. The van der Waals surface area contributed by atoms with Crippen molar-refractivity contribution in [3.63, 3.8) is 0 Å². The van der Waals surface area contributed by atoms with Gasteiger partial charge in [0.1, 0.15) is 11.4 Å². The average molecular weight is 439 g/mol. The Morgan fingerprint density at radius 1 is 1.26 bits per heavy atom. The highest BCUT2D eigenvalue weighted by Gasteiger charge is 2.48. The molecule has 5 rings (SSSR count). The van der Waals surface area contributed by atoms with Crippen molar-refractivity contribution < 1.29 is 9.53 Å². The standard InChI is InChI=1S/C23H26N4O3S/c1-26-20(29)18-19(25-21(26)23(30-2)12-13-23)31-22(24-18)27-14-6-9-16(27)17(28)11-10-15-7-4-3-5-8-15/h3-5,7-8,16H,6,9-14H2,1-2H3/t16-/m1/s1. The highest BCUT2D eigenvalue weighted by Crippen LogP contribution is 2.47. The second-order valence-corrected chi connectivity index (χ2v) is 9.41. The fraction of sp³-hybridized carbons (Fsp3) is 0.478. The van der Waals surface area contributed by atoms with Crippen molar-refractivity contribution in [1.29, 1.82) is 0 Å². The van der Waals surface area contributed by atoms with Crippen molar-refractivity contribution >= 4 is 32.6 Å². The quantitative estimate of drug-likeness (QED) is 0.564. The fourth-order valence-electron chi connectivity index (χ4n) is 4.51. The van der Waals surface area contributed by atoms with E-state index >= 15 is 0 Å². The zero-order chi connectivity index (χ0) is 21.6. The summed E-state index contributed by atoms with van der Waals surface area (Å²) in [7, 11) is 3.39. The van der Waals surface area contributed by atoms with Gasteiger partial charge in [0.25, 0.3) is 5.56 Å². The van der Waals surface area contributed by atoms with E-state index in [4.69, 9.17) is 9.72 Å². The van der Waals surface area contributed by atoms with E-state index in [0.717, 1.165) is 43.8 Å². The summed E-state index contributed by atoms with van der Waals surface area (Å²) in [6.45, 7) is 0.775. The smallest absolute Gasteiger partial charge is 0.280 e. The number of aryl methyl sites for hydroxylation is 1. The van der Waals surface area contributed by atoms with Crippen molar-refractivity contribution in [1.82, 2.24) is 14.5 Å². The number of methoxy groups -OCH3 is 1. The van der Waals surface area contributed by atoms with Gasteiger partial charge in [0.15, 0.2) is 21.3 Å². The van der Waals surface area contributed by atoms with Gasteiger partial charge < -0.3 is 9.64 Å². The molecule has 2 aromatic heterocycles. The number of rotatable bonds is 7. The van der Waals surface area contributed by atoms with Crippen LogP contribution in [0.1, 0.15) is 43.5 Å². The molecule has 0 unspecified atom stereocenters. The van der Waals surface area contributed by atoms with Crippen LogP contribution in [0.4, 0.5) is 5.13 Å². The summed E-state index contributed by atoms with van der Waals surface area (Å²) in [5, 5.41) is 0.717. The summed E-state index contributed by atoms with van der Waals surface area (Å²) >= 11 is 1.40. The van der Waals surface area contributed by atoms with Gasteiger partial charge in [-0.3, -0.25) is 14.2 Å². The summed E-state index contributed by atoms with van der Waals surface area (Å²) in [5.74, 6) is 0.901. The van der Waals surface area contributed by atoms with Crippen LogP contribution in [0.25, 0.3) is 10.3 Å². The number of hydrogen-bond acceptors (Lipinski definition) is 7. The Morgan fingerprint density at radius 2 is 2.03 bits per heavy atom. The molecular formula is C23H26N4O3S. The normalized spacial score (nSPS) is 19.8. The summed E-state index contributed by atoms with van der Waals surface area (Å²) in [6.07, 6.45) is 4.76. The first-order valence-corrected chi connectivity index (χ1v) is 11.6. The van der Waals surface area contributed by atoms with E-state index in [2.05, 4.69) is 22.0 Å². The van der Waals surface area contributed by atoms with Gasteiger partial charge in [-0.25, -0.2) is 9.97 Å². The third-order valence-electron chi connectivity index (χ3n) is 6.51. The second kappa shape index (κ2) is 7.84. The summed E-state index contributed by atoms with van der Waals surface area (Å²) in [5.41, 5.74) is 0.945. The molecule has 3 heterocycles. The summed E-state index contributed by atoms with van der Waals surface area (Å²) in [4.78, 5) is 38.1. The molecule has 0 spiro atoms. The molecule has 8 heteroatoms. The van der Waals surface area contributed by atoms with Gasteiger partial charge in [-0.2, -0.15) is 0 Å². The SMILES string of the molecule is COC1(c2nc3sc(N4CCC[C@@H]4C(=O)CCc4ccccc4)nc3c(=O)n2C)CC1. The number of carbonyl (C=O) groups excluding carboxylic acids is 1. The Kier molecular flexibility index (Phi) is 5.14. The van der Waals surface area contributed by atoms with Gasteiger partial charge in [0, 0.05) is 27.1 Å². The minimum Gasteiger partial charge on any atom is -0.370 e. The minimum atomic E-state index is -0.449. The zero-order valence-corrected chi connectivity index (χ0v) is 18.7. The fourth-order valence-corrected chi connectivity index (χ4v) is 5.52. The number of benzene rings is 1. The van der Waals surface area contributed by atoms with Gasteiger partial charge >= 0.3 is 0 Å². The predicted octanol–water partition coefficient (Wildman–Crippen LogP) is 3.20. The van der Waals surface area contributed by atoms with Gasteiger partial charge in [0.05, 0.1) is 6.04 Å². The van der Waals surface area contributed by atoms with Crippen molar-refractivity contribution in [3.05, 3.63) is 52.1 Å². The van der Waals surface area contributed by atoms with Crippen molar-refractivity contribution in [3.8, 4) is 0 Å². The molecule has 2 aliphatic rings. The third kappa shape index (κ3) is 3.57. The molecule has 1 saturated carbocycles. The lowest BCUT2D eigenvalue weighted by molar-refractivity contribution is -0.120. The summed E-state index contributed by atoms with van der Waals surface area (Å²) in [6, 6.07) is 9.91. The number of hydrogen-bond donors (Lipinski definition) is 0. The Hall–Kier alpha value is -2.58. The lowest BCUT2D eigenvalue weighted by Gasteiger charge is -2.22. The van der Waals surface area contributed by atoms with Crippen LogP contribution in [-0.2, 0) is 28.6 Å². The molecule has 162 valence electrons. The van der Waals surface area contributed by atoms with Crippen molar-refractivity contribution in [2.24, 2.45) is 7.05 Å². The average Bonchev–Trinajstić information content (AvgIpc) is 3.22.